The topological polar surface area (TPSA) is 77.5 Å². The van der Waals surface area contributed by atoms with Gasteiger partial charge in [0.15, 0.2) is 11.5 Å². The van der Waals surface area contributed by atoms with E-state index >= 15 is 0 Å². The number of rotatable bonds is 8. The van der Waals surface area contributed by atoms with Crippen molar-refractivity contribution in [1.82, 2.24) is 4.90 Å². The first-order valence-electron chi connectivity index (χ1n) is 11.2. The van der Waals surface area contributed by atoms with E-state index in [1.165, 1.54) is 7.11 Å². The number of fused-ring (bicyclic) bond motifs is 1. The molecule has 0 fully saturated rings. The molecule has 0 saturated heterocycles. The molecule has 0 aromatic heterocycles. The van der Waals surface area contributed by atoms with Gasteiger partial charge in [-0.1, -0.05) is 30.3 Å². The maximum Gasteiger partial charge on any atom is 0.414 e. The highest BCUT2D eigenvalue weighted by Gasteiger charge is 2.40. The zero-order valence-electron chi connectivity index (χ0n) is 20.0. The van der Waals surface area contributed by atoms with Crippen LogP contribution in [0.25, 0.3) is 0 Å². The summed E-state index contributed by atoms with van der Waals surface area (Å²) in [4.78, 5) is 29.4. The van der Waals surface area contributed by atoms with Gasteiger partial charge in [0, 0.05) is 24.2 Å². The van der Waals surface area contributed by atoms with Gasteiger partial charge < -0.3 is 18.9 Å². The molecule has 0 aliphatic carbocycles. The van der Waals surface area contributed by atoms with Gasteiger partial charge in [-0.05, 0) is 31.9 Å². The van der Waals surface area contributed by atoms with Gasteiger partial charge in [-0.2, -0.15) is 0 Å². The molecule has 1 aliphatic heterocycles. The molecule has 34 heavy (non-hydrogen) atoms. The molecule has 9 heteroatoms. The van der Waals surface area contributed by atoms with Crippen molar-refractivity contribution >= 4 is 29.5 Å². The Morgan fingerprint density at radius 3 is 2.38 bits per heavy atom. The molecule has 2 atom stereocenters. The van der Waals surface area contributed by atoms with Gasteiger partial charge in [0.25, 0.3) is 0 Å². The molecule has 0 bridgehead atoms. The van der Waals surface area contributed by atoms with Gasteiger partial charge in [0.1, 0.15) is 6.61 Å². The Bertz CT molecular complexity index is 987. The number of hydrogen-bond acceptors (Lipinski definition) is 6. The smallest absolute Gasteiger partial charge is 0.414 e. The Labute approximate surface area is 205 Å². The highest BCUT2D eigenvalue weighted by atomic mass is 35.5. The lowest BCUT2D eigenvalue weighted by Crippen LogP contribution is -2.48. The number of halogens is 1. The quantitative estimate of drug-likeness (QED) is 0.462. The number of benzene rings is 2. The average Bonchev–Trinajstić information content (AvgIpc) is 2.85. The van der Waals surface area contributed by atoms with Crippen molar-refractivity contribution in [2.24, 2.45) is 0 Å². The molecule has 2 aromatic carbocycles. The maximum atomic E-state index is 13.1. The number of nitrogens with zero attached hydrogens (tertiary/aromatic N) is 2. The summed E-state index contributed by atoms with van der Waals surface area (Å²) in [6, 6.07) is 12.6. The minimum atomic E-state index is -0.509. The van der Waals surface area contributed by atoms with E-state index in [1.807, 2.05) is 43.3 Å². The highest BCUT2D eigenvalue weighted by Crippen LogP contribution is 2.46. The number of hydrogen-bond donors (Lipinski definition) is 0. The Morgan fingerprint density at radius 1 is 1.09 bits per heavy atom. The second-order valence-corrected chi connectivity index (χ2v) is 8.23. The third-order valence-electron chi connectivity index (χ3n) is 5.73. The summed E-state index contributed by atoms with van der Waals surface area (Å²) in [5.74, 6) is 1.16. The lowest BCUT2D eigenvalue weighted by molar-refractivity contribution is 0.0809. The summed E-state index contributed by atoms with van der Waals surface area (Å²) in [7, 11) is 3.08. The van der Waals surface area contributed by atoms with E-state index < -0.39 is 12.2 Å². The summed E-state index contributed by atoms with van der Waals surface area (Å²) in [5.41, 5.74) is 2.29. The molecule has 2 amide bonds. The third kappa shape index (κ3) is 5.50. The fraction of sp³-hybridized carbons (Fsp3) is 0.440. The van der Waals surface area contributed by atoms with Gasteiger partial charge in [-0.15, -0.1) is 11.6 Å². The van der Waals surface area contributed by atoms with Crippen LogP contribution in [0.1, 0.15) is 37.4 Å². The van der Waals surface area contributed by atoms with Crippen LogP contribution < -0.4 is 14.4 Å². The molecule has 0 unspecified atom stereocenters. The van der Waals surface area contributed by atoms with Crippen LogP contribution >= 0.6 is 11.6 Å². The first-order chi connectivity index (χ1) is 16.4. The fourth-order valence-electron chi connectivity index (χ4n) is 4.21. The molecular formula is C25H31ClN2O6. The largest absolute Gasteiger partial charge is 0.493 e. The zero-order valence-corrected chi connectivity index (χ0v) is 20.7. The van der Waals surface area contributed by atoms with Gasteiger partial charge >= 0.3 is 12.2 Å². The Kier molecular flexibility index (Phi) is 8.87. The molecule has 1 heterocycles. The molecule has 184 valence electrons. The van der Waals surface area contributed by atoms with Crippen LogP contribution in [0.4, 0.5) is 15.3 Å². The maximum absolute atomic E-state index is 13.1. The lowest BCUT2D eigenvalue weighted by atomic mass is 9.90. The molecule has 0 saturated carbocycles. The van der Waals surface area contributed by atoms with Crippen molar-refractivity contribution in [2.75, 3.05) is 38.2 Å². The van der Waals surface area contributed by atoms with Crippen LogP contribution in [0.15, 0.2) is 42.5 Å². The van der Waals surface area contributed by atoms with E-state index in [4.69, 9.17) is 30.5 Å². The van der Waals surface area contributed by atoms with Crippen LogP contribution in [0.3, 0.4) is 0 Å². The molecular weight excluding hydrogens is 460 g/mol. The summed E-state index contributed by atoms with van der Waals surface area (Å²) >= 11 is 5.72. The van der Waals surface area contributed by atoms with E-state index in [9.17, 15) is 9.59 Å². The fourth-order valence-corrected chi connectivity index (χ4v) is 4.29. The molecule has 2 aromatic rings. The van der Waals surface area contributed by atoms with Crippen LogP contribution in [-0.4, -0.2) is 56.4 Å². The number of alkyl halides is 1. The summed E-state index contributed by atoms with van der Waals surface area (Å²) in [5, 5.41) is 0. The van der Waals surface area contributed by atoms with Crippen molar-refractivity contribution < 1.29 is 28.5 Å². The lowest BCUT2D eigenvalue weighted by Gasteiger charge is -2.42. The second kappa shape index (κ2) is 11.8. The molecule has 0 spiro atoms. The van der Waals surface area contributed by atoms with Crippen molar-refractivity contribution in [1.29, 1.82) is 0 Å². The predicted molar refractivity (Wildman–Crippen MR) is 130 cm³/mol. The van der Waals surface area contributed by atoms with Crippen LogP contribution in [0.2, 0.25) is 0 Å². The molecule has 8 nitrogen and oxygen atoms in total. The van der Waals surface area contributed by atoms with Crippen molar-refractivity contribution in [3.63, 3.8) is 0 Å². The first kappa shape index (κ1) is 25.5. The Hall–Kier alpha value is -3.13. The van der Waals surface area contributed by atoms with Crippen LogP contribution in [0.5, 0.6) is 11.5 Å². The normalized spacial score (nSPS) is 16.9. The monoisotopic (exact) mass is 490 g/mol. The molecule has 0 N–H and O–H groups in total. The molecule has 0 radical (unpaired) electrons. The van der Waals surface area contributed by atoms with Crippen LogP contribution in [0, 0.1) is 0 Å². The van der Waals surface area contributed by atoms with Crippen molar-refractivity contribution in [2.45, 2.75) is 38.9 Å². The van der Waals surface area contributed by atoms with E-state index in [2.05, 4.69) is 0 Å². The van der Waals surface area contributed by atoms with Gasteiger partial charge in [-0.25, -0.2) is 9.59 Å². The highest BCUT2D eigenvalue weighted by molar-refractivity contribution is 6.18. The number of amides is 2. The van der Waals surface area contributed by atoms with Crippen LogP contribution in [-0.2, 0) is 16.0 Å². The van der Waals surface area contributed by atoms with Gasteiger partial charge in [-0.3, -0.25) is 9.80 Å². The number of anilines is 1. The SMILES string of the molecule is CCOC(=O)N(Cc1ccccc1)[C@H]1C[C@@H](C)N(C(=O)OCCCl)c2cc(OC)c(OC)cc21. The Balaban J connectivity index is 2.12. The number of carbonyl (C=O) groups is 2. The summed E-state index contributed by atoms with van der Waals surface area (Å²) in [6.45, 7) is 4.39. The van der Waals surface area contributed by atoms with Gasteiger partial charge in [0.05, 0.1) is 38.4 Å². The average molecular weight is 491 g/mol. The van der Waals surface area contributed by atoms with E-state index in [0.29, 0.717) is 30.2 Å². The third-order valence-corrected chi connectivity index (χ3v) is 5.88. The summed E-state index contributed by atoms with van der Waals surface area (Å²) in [6.07, 6.45) is -0.460. The van der Waals surface area contributed by atoms with E-state index in [1.54, 1.807) is 29.9 Å². The summed E-state index contributed by atoms with van der Waals surface area (Å²) < 4.78 is 21.8. The second-order valence-electron chi connectivity index (χ2n) is 7.85. The van der Waals surface area contributed by atoms with Crippen molar-refractivity contribution in [3.8, 4) is 11.5 Å². The van der Waals surface area contributed by atoms with Gasteiger partial charge in [0.2, 0.25) is 0 Å². The number of carbonyl (C=O) groups excluding carboxylic acids is 2. The molecule has 3 rings (SSSR count). The number of methoxy groups -OCH3 is 2. The zero-order chi connectivity index (χ0) is 24.7. The molecule has 1 aliphatic rings. The minimum Gasteiger partial charge on any atom is -0.493 e. The Morgan fingerprint density at radius 2 is 1.76 bits per heavy atom. The number of ether oxygens (including phenoxy) is 4. The first-order valence-corrected chi connectivity index (χ1v) is 11.7. The van der Waals surface area contributed by atoms with E-state index in [0.717, 1.165) is 11.1 Å². The predicted octanol–water partition coefficient (Wildman–Crippen LogP) is 5.38. The standard InChI is InChI=1S/C25H31ClN2O6/c1-5-33-24(29)27(16-18-9-7-6-8-10-18)20-13-17(2)28(25(30)34-12-11-26)21-15-23(32-4)22(31-3)14-19(20)21/h6-10,14-15,17,20H,5,11-13,16H2,1-4H3/t17-,20+/m1/s1. The van der Waals surface area contributed by atoms with Crippen molar-refractivity contribution in [3.05, 3.63) is 53.6 Å². The van der Waals surface area contributed by atoms with E-state index in [-0.39, 0.29) is 31.2 Å². The minimum absolute atomic E-state index is 0.0959.